The minimum Gasteiger partial charge on any atom is -0.867 e. The fraction of sp³-hybridized carbons (Fsp3) is 0.0400. The standard InChI is InChI=1S/C25H19ClN2OS/c1-17-7-6-14-28(16-17)23(24(29)19-10-4-11-20(26)15-19)25(30)27-22-13-5-9-18-8-2-3-12-21(18)22/h2-16H,1H3,(H-,27,29,30). The van der Waals surface area contributed by atoms with Gasteiger partial charge in [-0.3, -0.25) is 0 Å². The Morgan fingerprint density at radius 2 is 1.73 bits per heavy atom. The molecule has 0 aliphatic carbocycles. The lowest BCUT2D eigenvalue weighted by atomic mass is 10.1. The van der Waals surface area contributed by atoms with Gasteiger partial charge in [-0.2, -0.15) is 4.57 Å². The smallest absolute Gasteiger partial charge is 0.238 e. The van der Waals surface area contributed by atoms with Crippen LogP contribution in [0.3, 0.4) is 0 Å². The zero-order valence-electron chi connectivity index (χ0n) is 16.3. The molecule has 0 fully saturated rings. The minimum atomic E-state index is -0.203. The zero-order valence-corrected chi connectivity index (χ0v) is 17.9. The van der Waals surface area contributed by atoms with E-state index in [0.717, 1.165) is 22.0 Å². The number of benzene rings is 3. The first kappa shape index (κ1) is 20.1. The van der Waals surface area contributed by atoms with Crippen molar-refractivity contribution in [2.45, 2.75) is 6.92 Å². The lowest BCUT2D eigenvalue weighted by Crippen LogP contribution is -2.40. The van der Waals surface area contributed by atoms with Gasteiger partial charge < -0.3 is 10.4 Å². The second kappa shape index (κ2) is 8.66. The Kier molecular flexibility index (Phi) is 5.79. The highest BCUT2D eigenvalue weighted by Crippen LogP contribution is 2.25. The van der Waals surface area contributed by atoms with Gasteiger partial charge in [0.25, 0.3) is 0 Å². The van der Waals surface area contributed by atoms with Gasteiger partial charge in [-0.15, -0.1) is 0 Å². The van der Waals surface area contributed by atoms with E-state index in [9.17, 15) is 5.11 Å². The number of aryl methyl sites for hydroxylation is 1. The largest absolute Gasteiger partial charge is 0.867 e. The monoisotopic (exact) mass is 430 g/mol. The molecule has 1 aromatic heterocycles. The number of nitrogens with zero attached hydrogens (tertiary/aromatic N) is 1. The van der Waals surface area contributed by atoms with E-state index in [0.29, 0.717) is 21.3 Å². The van der Waals surface area contributed by atoms with Crippen LogP contribution >= 0.6 is 23.8 Å². The highest BCUT2D eigenvalue weighted by Gasteiger charge is 2.20. The van der Waals surface area contributed by atoms with Crippen molar-refractivity contribution in [1.82, 2.24) is 0 Å². The second-order valence-corrected chi connectivity index (χ2v) is 7.80. The third kappa shape index (κ3) is 4.20. The fourth-order valence-electron chi connectivity index (χ4n) is 3.35. The number of fused-ring (bicyclic) bond motifs is 1. The van der Waals surface area contributed by atoms with Gasteiger partial charge >= 0.3 is 0 Å². The van der Waals surface area contributed by atoms with Gasteiger partial charge in [0.15, 0.2) is 17.4 Å². The number of nitrogens with one attached hydrogen (secondary N) is 1. The van der Waals surface area contributed by atoms with E-state index in [1.807, 2.05) is 73.9 Å². The molecular formula is C25H19ClN2OS. The van der Waals surface area contributed by atoms with E-state index in [1.54, 1.807) is 28.8 Å². The highest BCUT2D eigenvalue weighted by molar-refractivity contribution is 7.81. The molecule has 0 atom stereocenters. The van der Waals surface area contributed by atoms with Crippen LogP contribution in [0.1, 0.15) is 11.1 Å². The molecule has 3 nitrogen and oxygen atoms in total. The molecule has 0 spiro atoms. The zero-order chi connectivity index (χ0) is 21.1. The summed E-state index contributed by atoms with van der Waals surface area (Å²) in [5.74, 6) is -0.203. The molecule has 0 saturated heterocycles. The molecule has 0 unspecified atom stereocenters. The number of anilines is 1. The predicted octanol–water partition coefficient (Wildman–Crippen LogP) is 5.21. The molecule has 30 heavy (non-hydrogen) atoms. The van der Waals surface area contributed by atoms with E-state index in [4.69, 9.17) is 23.8 Å². The first-order chi connectivity index (χ1) is 14.5. The van der Waals surface area contributed by atoms with Crippen molar-refractivity contribution in [2.24, 2.45) is 0 Å². The summed E-state index contributed by atoms with van der Waals surface area (Å²) in [7, 11) is 0. The maximum absolute atomic E-state index is 13.5. The number of pyridine rings is 1. The molecule has 0 saturated carbocycles. The van der Waals surface area contributed by atoms with Crippen LogP contribution in [-0.4, -0.2) is 4.99 Å². The van der Waals surface area contributed by atoms with Crippen LogP contribution in [0.2, 0.25) is 5.02 Å². The summed E-state index contributed by atoms with van der Waals surface area (Å²) in [4.78, 5) is 0.340. The van der Waals surface area contributed by atoms with Crippen molar-refractivity contribution >= 4 is 56.7 Å². The Morgan fingerprint density at radius 3 is 2.53 bits per heavy atom. The normalized spacial score (nSPS) is 11.8. The van der Waals surface area contributed by atoms with Crippen LogP contribution in [0, 0.1) is 6.92 Å². The minimum absolute atomic E-state index is 0.203. The van der Waals surface area contributed by atoms with Crippen molar-refractivity contribution in [3.8, 4) is 0 Å². The van der Waals surface area contributed by atoms with Crippen molar-refractivity contribution in [2.75, 3.05) is 5.32 Å². The number of hydrogen-bond acceptors (Lipinski definition) is 2. The van der Waals surface area contributed by atoms with Crippen LogP contribution in [0.25, 0.3) is 22.2 Å². The molecule has 3 aromatic carbocycles. The molecule has 4 rings (SSSR count). The third-order valence-electron chi connectivity index (χ3n) is 4.76. The summed E-state index contributed by atoms with van der Waals surface area (Å²) in [5, 5.41) is 19.4. The maximum atomic E-state index is 13.5. The molecule has 148 valence electrons. The molecule has 0 bridgehead atoms. The number of rotatable bonds is 4. The van der Waals surface area contributed by atoms with Crippen molar-refractivity contribution < 1.29 is 9.67 Å². The molecule has 5 heteroatoms. The van der Waals surface area contributed by atoms with E-state index in [1.165, 1.54) is 0 Å². The summed E-state index contributed by atoms with van der Waals surface area (Å²) in [6.07, 6.45) is 3.71. The molecule has 0 amide bonds. The Hall–Kier alpha value is -3.21. The van der Waals surface area contributed by atoms with E-state index in [-0.39, 0.29) is 5.76 Å². The Labute approximate surface area is 185 Å². The SMILES string of the molecule is Cc1ccc[n+](C(C(=S)Nc2cccc3ccccc23)=C([O-])c2cccc(Cl)c2)c1. The topological polar surface area (TPSA) is 39.0 Å². The summed E-state index contributed by atoms with van der Waals surface area (Å²) in [6.45, 7) is 1.97. The van der Waals surface area contributed by atoms with Gasteiger partial charge in [0.1, 0.15) is 0 Å². The number of hydrogen-bond donors (Lipinski definition) is 1. The molecule has 1 N–H and O–H groups in total. The Bertz CT molecular complexity index is 1280. The lowest BCUT2D eigenvalue weighted by molar-refractivity contribution is -0.578. The summed E-state index contributed by atoms with van der Waals surface area (Å²) in [6, 6.07) is 24.8. The average molecular weight is 431 g/mol. The van der Waals surface area contributed by atoms with E-state index >= 15 is 0 Å². The average Bonchev–Trinajstić information content (AvgIpc) is 2.74. The number of thiocarbonyl (C=S) groups is 1. The summed E-state index contributed by atoms with van der Waals surface area (Å²) < 4.78 is 1.76. The van der Waals surface area contributed by atoms with Crippen LogP contribution < -0.4 is 15.0 Å². The van der Waals surface area contributed by atoms with E-state index < -0.39 is 0 Å². The molecule has 1 heterocycles. The molecule has 0 radical (unpaired) electrons. The van der Waals surface area contributed by atoms with Gasteiger partial charge in [-0.1, -0.05) is 72.3 Å². The third-order valence-corrected chi connectivity index (χ3v) is 5.29. The molecule has 0 aliphatic heterocycles. The molecular weight excluding hydrogens is 412 g/mol. The summed E-state index contributed by atoms with van der Waals surface area (Å²) in [5.41, 5.74) is 2.71. The van der Waals surface area contributed by atoms with Crippen molar-refractivity contribution in [1.29, 1.82) is 0 Å². The number of aromatic nitrogens is 1. The number of halogens is 1. The van der Waals surface area contributed by atoms with Crippen molar-refractivity contribution in [3.63, 3.8) is 0 Å². The van der Waals surface area contributed by atoms with Gasteiger partial charge in [-0.05, 0) is 47.9 Å². The predicted molar refractivity (Wildman–Crippen MR) is 126 cm³/mol. The second-order valence-electron chi connectivity index (χ2n) is 6.96. The Balaban J connectivity index is 1.83. The molecule has 0 aliphatic rings. The van der Waals surface area contributed by atoms with Crippen molar-refractivity contribution in [3.05, 3.63) is 107 Å². The quantitative estimate of drug-likeness (QED) is 0.209. The van der Waals surface area contributed by atoms with Gasteiger partial charge in [-0.25, -0.2) is 0 Å². The van der Waals surface area contributed by atoms with Crippen LogP contribution in [0.15, 0.2) is 91.3 Å². The van der Waals surface area contributed by atoms with Gasteiger partial charge in [0.05, 0.1) is 0 Å². The first-order valence-electron chi connectivity index (χ1n) is 9.47. The molecule has 4 aromatic rings. The van der Waals surface area contributed by atoms with Gasteiger partial charge in [0, 0.05) is 27.7 Å². The highest BCUT2D eigenvalue weighted by atomic mass is 35.5. The summed E-state index contributed by atoms with van der Waals surface area (Å²) >= 11 is 11.9. The maximum Gasteiger partial charge on any atom is 0.238 e. The Morgan fingerprint density at radius 1 is 0.967 bits per heavy atom. The lowest BCUT2D eigenvalue weighted by Gasteiger charge is -2.18. The first-order valence-corrected chi connectivity index (χ1v) is 10.3. The van der Waals surface area contributed by atoms with Crippen LogP contribution in [-0.2, 0) is 0 Å². The van der Waals surface area contributed by atoms with Crippen LogP contribution in [0.4, 0.5) is 5.69 Å². The van der Waals surface area contributed by atoms with Crippen LogP contribution in [0.5, 0.6) is 0 Å². The van der Waals surface area contributed by atoms with E-state index in [2.05, 4.69) is 5.32 Å². The van der Waals surface area contributed by atoms with Gasteiger partial charge in [0.2, 0.25) is 5.70 Å². The fourth-order valence-corrected chi connectivity index (χ4v) is 3.85.